The van der Waals surface area contributed by atoms with Gasteiger partial charge in [-0.2, -0.15) is 8.78 Å². The third kappa shape index (κ3) is 2.86. The van der Waals surface area contributed by atoms with E-state index < -0.39 is 6.61 Å². The number of ether oxygens (including phenoxy) is 2. The molecule has 0 saturated heterocycles. The summed E-state index contributed by atoms with van der Waals surface area (Å²) in [5.41, 5.74) is 1.65. The Labute approximate surface area is 121 Å². The van der Waals surface area contributed by atoms with Crippen molar-refractivity contribution >= 4 is 18.2 Å². The van der Waals surface area contributed by atoms with Crippen LogP contribution in [-0.2, 0) is 11.2 Å². The van der Waals surface area contributed by atoms with Gasteiger partial charge < -0.3 is 14.8 Å². The lowest BCUT2D eigenvalue weighted by Crippen LogP contribution is -2.31. The van der Waals surface area contributed by atoms with E-state index in [0.717, 1.165) is 30.1 Å². The number of hydrogen-bond donors (Lipinski definition) is 1. The SMILES string of the molecule is Cl.FC(F)Oc1cccc2c1CCOC2C1=NCCN1. The number of nitrogens with one attached hydrogen (secondary N) is 1. The van der Waals surface area contributed by atoms with E-state index in [-0.39, 0.29) is 24.3 Å². The zero-order valence-corrected chi connectivity index (χ0v) is 11.5. The van der Waals surface area contributed by atoms with Crippen LogP contribution in [0.4, 0.5) is 8.78 Å². The number of aliphatic imine (C=N–C) groups is 1. The summed E-state index contributed by atoms with van der Waals surface area (Å²) in [5.74, 6) is 1.01. The summed E-state index contributed by atoms with van der Waals surface area (Å²) >= 11 is 0. The molecule has 0 bridgehead atoms. The van der Waals surface area contributed by atoms with Gasteiger partial charge in [-0.15, -0.1) is 12.4 Å². The van der Waals surface area contributed by atoms with Crippen molar-refractivity contribution in [3.8, 4) is 5.75 Å². The molecule has 2 aliphatic rings. The first-order valence-corrected chi connectivity index (χ1v) is 6.22. The number of fused-ring (bicyclic) bond motifs is 1. The van der Waals surface area contributed by atoms with E-state index in [1.165, 1.54) is 0 Å². The van der Waals surface area contributed by atoms with Crippen molar-refractivity contribution in [1.29, 1.82) is 0 Å². The molecule has 2 heterocycles. The second-order valence-electron chi connectivity index (χ2n) is 4.40. The van der Waals surface area contributed by atoms with Crippen molar-refractivity contribution in [3.05, 3.63) is 29.3 Å². The van der Waals surface area contributed by atoms with Gasteiger partial charge in [0, 0.05) is 12.1 Å². The third-order valence-corrected chi connectivity index (χ3v) is 3.25. The molecule has 0 aliphatic carbocycles. The molecule has 0 amide bonds. The smallest absolute Gasteiger partial charge is 0.387 e. The van der Waals surface area contributed by atoms with Gasteiger partial charge in [0.05, 0.1) is 13.2 Å². The Morgan fingerprint density at radius 1 is 1.40 bits per heavy atom. The Morgan fingerprint density at radius 2 is 2.25 bits per heavy atom. The monoisotopic (exact) mass is 304 g/mol. The van der Waals surface area contributed by atoms with E-state index in [0.29, 0.717) is 13.0 Å². The summed E-state index contributed by atoms with van der Waals surface area (Å²) < 4.78 is 35.1. The van der Waals surface area contributed by atoms with Gasteiger partial charge in [-0.05, 0) is 18.1 Å². The normalized spacial score (nSPS) is 20.8. The average Bonchev–Trinajstić information content (AvgIpc) is 2.91. The number of rotatable bonds is 3. The molecule has 1 unspecified atom stereocenters. The lowest BCUT2D eigenvalue weighted by atomic mass is 9.96. The number of amidine groups is 1. The van der Waals surface area contributed by atoms with E-state index in [1.807, 2.05) is 6.07 Å². The number of hydrogen-bond acceptors (Lipinski definition) is 4. The number of benzene rings is 1. The summed E-state index contributed by atoms with van der Waals surface area (Å²) in [6.45, 7) is -0.827. The maximum atomic E-state index is 12.4. The number of halogens is 3. The highest BCUT2D eigenvalue weighted by molar-refractivity contribution is 5.89. The van der Waals surface area contributed by atoms with Gasteiger partial charge in [0.2, 0.25) is 0 Å². The zero-order chi connectivity index (χ0) is 13.2. The minimum Gasteiger partial charge on any atom is -0.435 e. The van der Waals surface area contributed by atoms with Crippen molar-refractivity contribution in [1.82, 2.24) is 5.32 Å². The Hall–Kier alpha value is -1.40. The average molecular weight is 305 g/mol. The van der Waals surface area contributed by atoms with Crippen LogP contribution in [0.1, 0.15) is 17.2 Å². The van der Waals surface area contributed by atoms with E-state index in [2.05, 4.69) is 15.0 Å². The van der Waals surface area contributed by atoms with Gasteiger partial charge in [0.15, 0.2) is 0 Å². The molecule has 2 aliphatic heterocycles. The van der Waals surface area contributed by atoms with E-state index in [4.69, 9.17) is 4.74 Å². The topological polar surface area (TPSA) is 42.9 Å². The van der Waals surface area contributed by atoms with Crippen LogP contribution in [0, 0.1) is 0 Å². The summed E-state index contributed by atoms with van der Waals surface area (Å²) in [4.78, 5) is 4.34. The van der Waals surface area contributed by atoms with Crippen molar-refractivity contribution in [2.24, 2.45) is 4.99 Å². The fourth-order valence-electron chi connectivity index (χ4n) is 2.49. The maximum Gasteiger partial charge on any atom is 0.387 e. The van der Waals surface area contributed by atoms with Crippen molar-refractivity contribution in [2.75, 3.05) is 19.7 Å². The Balaban J connectivity index is 0.00000147. The highest BCUT2D eigenvalue weighted by Crippen LogP contribution is 2.34. The zero-order valence-electron chi connectivity index (χ0n) is 10.6. The van der Waals surface area contributed by atoms with Crippen molar-refractivity contribution in [3.63, 3.8) is 0 Å². The van der Waals surface area contributed by atoms with E-state index >= 15 is 0 Å². The fraction of sp³-hybridized carbons (Fsp3) is 0.462. The largest absolute Gasteiger partial charge is 0.435 e. The van der Waals surface area contributed by atoms with Gasteiger partial charge in [0.25, 0.3) is 0 Å². The molecular weight excluding hydrogens is 290 g/mol. The maximum absolute atomic E-state index is 12.4. The van der Waals surface area contributed by atoms with Crippen LogP contribution in [-0.4, -0.2) is 32.1 Å². The predicted molar refractivity (Wildman–Crippen MR) is 73.0 cm³/mol. The van der Waals surface area contributed by atoms with Crippen molar-refractivity contribution in [2.45, 2.75) is 19.1 Å². The van der Waals surface area contributed by atoms with Crippen LogP contribution in [0.5, 0.6) is 5.75 Å². The van der Waals surface area contributed by atoms with Crippen LogP contribution in [0.3, 0.4) is 0 Å². The fourth-order valence-corrected chi connectivity index (χ4v) is 2.49. The van der Waals surface area contributed by atoms with Gasteiger partial charge in [-0.3, -0.25) is 4.99 Å². The summed E-state index contributed by atoms with van der Waals surface area (Å²) in [6.07, 6.45) is 0.273. The summed E-state index contributed by atoms with van der Waals surface area (Å²) in [5, 5.41) is 3.16. The molecule has 110 valence electrons. The van der Waals surface area contributed by atoms with E-state index in [1.54, 1.807) is 12.1 Å². The van der Waals surface area contributed by atoms with Gasteiger partial charge in [-0.1, -0.05) is 12.1 Å². The third-order valence-electron chi connectivity index (χ3n) is 3.25. The molecule has 0 radical (unpaired) electrons. The van der Waals surface area contributed by atoms with Crippen LogP contribution in [0.2, 0.25) is 0 Å². The van der Waals surface area contributed by atoms with E-state index in [9.17, 15) is 8.78 Å². The first-order valence-electron chi connectivity index (χ1n) is 6.22. The molecule has 1 N–H and O–H groups in total. The Bertz CT molecular complexity index is 511. The minimum absolute atomic E-state index is 0. The number of alkyl halides is 2. The predicted octanol–water partition coefficient (Wildman–Crippen LogP) is 2.33. The Kier molecular flexibility index (Phi) is 4.77. The Morgan fingerprint density at radius 3 is 2.95 bits per heavy atom. The molecule has 0 saturated carbocycles. The second kappa shape index (κ2) is 6.37. The second-order valence-corrected chi connectivity index (χ2v) is 4.40. The molecule has 0 aromatic heterocycles. The number of nitrogens with zero attached hydrogens (tertiary/aromatic N) is 1. The quantitative estimate of drug-likeness (QED) is 0.932. The lowest BCUT2D eigenvalue weighted by molar-refractivity contribution is -0.0512. The molecule has 20 heavy (non-hydrogen) atoms. The van der Waals surface area contributed by atoms with Crippen LogP contribution < -0.4 is 10.1 Å². The van der Waals surface area contributed by atoms with Gasteiger partial charge >= 0.3 is 6.61 Å². The molecule has 1 aromatic carbocycles. The molecule has 0 fully saturated rings. The van der Waals surface area contributed by atoms with Gasteiger partial charge in [-0.25, -0.2) is 0 Å². The first-order chi connectivity index (χ1) is 9.25. The molecule has 1 aromatic rings. The molecular formula is C13H15ClF2N2O2. The summed E-state index contributed by atoms with van der Waals surface area (Å²) in [7, 11) is 0. The van der Waals surface area contributed by atoms with Gasteiger partial charge in [0.1, 0.15) is 17.7 Å². The molecule has 1 atom stereocenters. The standard InChI is InChI=1S/C13H14F2N2O2.ClH/c14-13(15)19-10-3-1-2-9-8(10)4-7-18-11(9)12-16-5-6-17-12;/h1-3,11,13H,4-7H2,(H,16,17);1H. The molecule has 3 rings (SSSR count). The molecule has 4 nitrogen and oxygen atoms in total. The highest BCUT2D eigenvalue weighted by atomic mass is 35.5. The minimum atomic E-state index is -2.81. The van der Waals surface area contributed by atoms with Crippen LogP contribution in [0.15, 0.2) is 23.2 Å². The van der Waals surface area contributed by atoms with Crippen LogP contribution >= 0.6 is 12.4 Å². The summed E-state index contributed by atoms with van der Waals surface area (Å²) in [6, 6.07) is 5.14. The highest BCUT2D eigenvalue weighted by Gasteiger charge is 2.29. The van der Waals surface area contributed by atoms with Crippen molar-refractivity contribution < 1.29 is 18.3 Å². The van der Waals surface area contributed by atoms with Crippen LogP contribution in [0.25, 0.3) is 0 Å². The lowest BCUT2D eigenvalue weighted by Gasteiger charge is -2.27. The molecule has 7 heteroatoms. The first kappa shape index (κ1) is 15.0. The molecule has 0 spiro atoms.